The number of benzene rings is 2. The molecule has 0 radical (unpaired) electrons. The Kier molecular flexibility index (Phi) is 5.45. The molecular weight excluding hydrogens is 348 g/mol. The summed E-state index contributed by atoms with van der Waals surface area (Å²) in [5, 5.41) is 0. The van der Waals surface area contributed by atoms with Crippen LogP contribution >= 0.6 is 0 Å². The molecule has 0 heteroatoms. The Labute approximate surface area is 178 Å². The molecule has 0 bridgehead atoms. The molecule has 0 N–H and O–H groups in total. The van der Waals surface area contributed by atoms with Crippen molar-refractivity contribution >= 4 is 11.1 Å². The average molecular weight is 387 g/mol. The van der Waals surface area contributed by atoms with Crippen LogP contribution in [0.1, 0.15) is 73.4 Å². The molecule has 2 aromatic rings. The minimum absolute atomic E-state index is 0.0633. The monoisotopic (exact) mass is 386 g/mol. The van der Waals surface area contributed by atoms with Gasteiger partial charge in [0.05, 0.1) is 0 Å². The van der Waals surface area contributed by atoms with Gasteiger partial charge in [-0.1, -0.05) is 123 Å². The summed E-state index contributed by atoms with van der Waals surface area (Å²) in [6, 6.07) is 22.2. The zero-order chi connectivity index (χ0) is 21.6. The van der Waals surface area contributed by atoms with Gasteiger partial charge in [0.2, 0.25) is 0 Å². The maximum atomic E-state index is 2.40. The molecule has 1 aliphatic carbocycles. The third-order valence-electron chi connectivity index (χ3n) is 5.90. The summed E-state index contributed by atoms with van der Waals surface area (Å²) in [5.74, 6) is 0.357. The lowest BCUT2D eigenvalue weighted by Gasteiger charge is -2.34. The van der Waals surface area contributed by atoms with Crippen molar-refractivity contribution in [3.63, 3.8) is 0 Å². The summed E-state index contributed by atoms with van der Waals surface area (Å²) in [6.07, 6.45) is 0. The van der Waals surface area contributed by atoms with Crippen molar-refractivity contribution in [2.75, 3.05) is 0 Å². The highest BCUT2D eigenvalue weighted by atomic mass is 14.5. The molecule has 1 aliphatic rings. The topological polar surface area (TPSA) is 0 Å². The lowest BCUT2D eigenvalue weighted by molar-refractivity contribution is 0.361. The Bertz CT molecular complexity index is 844. The molecule has 0 spiro atoms. The third kappa shape index (κ3) is 4.13. The summed E-state index contributed by atoms with van der Waals surface area (Å²) < 4.78 is 0. The second-order valence-corrected chi connectivity index (χ2v) is 11.6. The molecule has 0 saturated heterocycles. The molecule has 3 rings (SSSR count). The second-order valence-electron chi connectivity index (χ2n) is 11.6. The highest BCUT2D eigenvalue weighted by molar-refractivity contribution is 5.96. The lowest BCUT2D eigenvalue weighted by atomic mass is 9.69. The number of rotatable bonds is 2. The summed E-state index contributed by atoms with van der Waals surface area (Å²) in [5.41, 5.74) is 9.09. The van der Waals surface area contributed by atoms with E-state index in [1.807, 2.05) is 0 Å². The van der Waals surface area contributed by atoms with Crippen LogP contribution in [0.25, 0.3) is 11.1 Å². The minimum atomic E-state index is 0.0633. The van der Waals surface area contributed by atoms with Crippen molar-refractivity contribution in [2.45, 2.75) is 62.3 Å². The second kappa shape index (κ2) is 7.31. The zero-order valence-corrected chi connectivity index (χ0v) is 19.9. The maximum Gasteiger partial charge on any atom is 0.0156 e. The first-order valence-electron chi connectivity index (χ1n) is 10.9. The van der Waals surface area contributed by atoms with Gasteiger partial charge in [-0.05, 0) is 49.7 Å². The van der Waals surface area contributed by atoms with Gasteiger partial charge >= 0.3 is 0 Å². The Morgan fingerprint density at radius 3 is 1.03 bits per heavy atom. The van der Waals surface area contributed by atoms with Gasteiger partial charge in [-0.15, -0.1) is 0 Å². The van der Waals surface area contributed by atoms with E-state index >= 15 is 0 Å². The predicted molar refractivity (Wildman–Crippen MR) is 129 cm³/mol. The largest absolute Gasteiger partial charge is 0.0622 e. The highest BCUT2D eigenvalue weighted by Crippen LogP contribution is 2.61. The van der Waals surface area contributed by atoms with Crippen LogP contribution in [0, 0.1) is 22.2 Å². The molecule has 154 valence electrons. The first kappa shape index (κ1) is 21.6. The lowest BCUT2D eigenvalue weighted by Crippen LogP contribution is -2.22. The van der Waals surface area contributed by atoms with E-state index in [9.17, 15) is 0 Å². The molecule has 2 aromatic carbocycles. The summed E-state index contributed by atoms with van der Waals surface area (Å²) in [7, 11) is 0. The fraction of sp³-hybridized carbons (Fsp3) is 0.448. The van der Waals surface area contributed by atoms with E-state index in [-0.39, 0.29) is 16.2 Å². The minimum Gasteiger partial charge on any atom is -0.0622 e. The molecule has 0 fully saturated rings. The maximum absolute atomic E-state index is 2.40. The Hall–Kier alpha value is -2.08. The smallest absolute Gasteiger partial charge is 0.0156 e. The first-order chi connectivity index (χ1) is 13.3. The molecule has 0 unspecified atom stereocenters. The van der Waals surface area contributed by atoms with E-state index in [4.69, 9.17) is 0 Å². The van der Waals surface area contributed by atoms with E-state index in [1.54, 1.807) is 0 Å². The molecule has 0 saturated carbocycles. The van der Waals surface area contributed by atoms with Gasteiger partial charge in [-0.2, -0.15) is 0 Å². The number of hydrogen-bond acceptors (Lipinski definition) is 0. The number of hydrogen-bond donors (Lipinski definition) is 0. The molecule has 0 aliphatic heterocycles. The van der Waals surface area contributed by atoms with E-state index in [0.29, 0.717) is 5.92 Å². The molecule has 0 aromatic heterocycles. The van der Waals surface area contributed by atoms with Crippen LogP contribution in [0.15, 0.2) is 71.8 Å². The molecule has 0 amide bonds. The zero-order valence-electron chi connectivity index (χ0n) is 19.9. The average Bonchev–Trinajstić information content (AvgIpc) is 3.00. The molecular formula is C29H38. The highest BCUT2D eigenvalue weighted by Gasteiger charge is 2.46. The first-order valence-corrected chi connectivity index (χ1v) is 10.9. The molecule has 0 atom stereocenters. The van der Waals surface area contributed by atoms with E-state index in [0.717, 1.165) is 0 Å². The van der Waals surface area contributed by atoms with Crippen LogP contribution in [0.5, 0.6) is 0 Å². The van der Waals surface area contributed by atoms with Crippen LogP contribution in [-0.4, -0.2) is 0 Å². The normalized spacial score (nSPS) is 16.7. The molecule has 0 heterocycles. The van der Waals surface area contributed by atoms with E-state index in [1.165, 1.54) is 33.4 Å². The van der Waals surface area contributed by atoms with Crippen LogP contribution in [0.2, 0.25) is 0 Å². The van der Waals surface area contributed by atoms with Gasteiger partial charge in [-0.25, -0.2) is 0 Å². The van der Waals surface area contributed by atoms with Crippen molar-refractivity contribution in [1.29, 1.82) is 0 Å². The Morgan fingerprint density at radius 1 is 0.483 bits per heavy atom. The summed E-state index contributed by atoms with van der Waals surface area (Å²) >= 11 is 0. The van der Waals surface area contributed by atoms with Crippen LogP contribution in [0.4, 0.5) is 0 Å². The van der Waals surface area contributed by atoms with Gasteiger partial charge in [0, 0.05) is 5.92 Å². The fourth-order valence-corrected chi connectivity index (χ4v) is 4.98. The van der Waals surface area contributed by atoms with Gasteiger partial charge in [0.15, 0.2) is 0 Å². The van der Waals surface area contributed by atoms with Crippen LogP contribution in [-0.2, 0) is 0 Å². The van der Waals surface area contributed by atoms with Gasteiger partial charge < -0.3 is 0 Å². The van der Waals surface area contributed by atoms with E-state index < -0.39 is 0 Å². The van der Waals surface area contributed by atoms with Crippen molar-refractivity contribution in [1.82, 2.24) is 0 Å². The molecule has 0 nitrogen and oxygen atoms in total. The fourth-order valence-electron chi connectivity index (χ4n) is 4.98. The Morgan fingerprint density at radius 2 is 0.793 bits per heavy atom. The van der Waals surface area contributed by atoms with Crippen LogP contribution in [0.3, 0.4) is 0 Å². The van der Waals surface area contributed by atoms with Crippen molar-refractivity contribution in [2.24, 2.45) is 22.2 Å². The SMILES string of the molecule is CC(C)(C)C1=C(c2ccccc2)C(C(C)(C)C)C(c2ccccc2)=C1C(C)(C)C. The van der Waals surface area contributed by atoms with Gasteiger partial charge in [-0.3, -0.25) is 0 Å². The van der Waals surface area contributed by atoms with Crippen LogP contribution < -0.4 is 0 Å². The number of allylic oxidation sites excluding steroid dienone is 4. The van der Waals surface area contributed by atoms with Crippen molar-refractivity contribution in [3.8, 4) is 0 Å². The van der Waals surface area contributed by atoms with Gasteiger partial charge in [0.25, 0.3) is 0 Å². The standard InChI is InChI=1S/C29H38/c1-27(2,3)24-22(20-16-12-10-13-17-20)25(28(4,5)6)26(29(7,8)9)23(24)21-18-14-11-15-19-21/h10-19,24H,1-9H3. The Balaban J connectivity index is 2.49. The predicted octanol–water partition coefficient (Wildman–Crippen LogP) is 8.66. The third-order valence-corrected chi connectivity index (χ3v) is 5.90. The molecule has 29 heavy (non-hydrogen) atoms. The van der Waals surface area contributed by atoms with E-state index in [2.05, 4.69) is 123 Å². The summed E-state index contributed by atoms with van der Waals surface area (Å²) in [6.45, 7) is 21.5. The van der Waals surface area contributed by atoms with Gasteiger partial charge in [0.1, 0.15) is 0 Å². The van der Waals surface area contributed by atoms with Crippen molar-refractivity contribution in [3.05, 3.63) is 82.9 Å². The summed E-state index contributed by atoms with van der Waals surface area (Å²) in [4.78, 5) is 0. The quantitative estimate of drug-likeness (QED) is 0.484. The van der Waals surface area contributed by atoms with Crippen molar-refractivity contribution < 1.29 is 0 Å².